The van der Waals surface area contributed by atoms with Crippen molar-refractivity contribution in [2.24, 2.45) is 0 Å². The molecule has 0 fully saturated rings. The summed E-state index contributed by atoms with van der Waals surface area (Å²) in [7, 11) is 0. The van der Waals surface area contributed by atoms with E-state index in [1.165, 1.54) is 54.3 Å². The Balaban J connectivity index is 1.14. The van der Waals surface area contributed by atoms with E-state index < -0.39 is 0 Å². The van der Waals surface area contributed by atoms with E-state index in [0.29, 0.717) is 0 Å². The lowest BCUT2D eigenvalue weighted by Crippen LogP contribution is -2.31. The molecule has 0 amide bonds. The Bertz CT molecular complexity index is 2460. The number of hydrogen-bond donors (Lipinski definition) is 0. The molecule has 0 N–H and O–H groups in total. The van der Waals surface area contributed by atoms with Crippen LogP contribution in [0.2, 0.25) is 0 Å². The van der Waals surface area contributed by atoms with Crippen LogP contribution < -0.4 is 0 Å². The molecule has 0 saturated carbocycles. The standard InChI is InChI=1S/C48H34N2S/c1-3-14-33(15-4-1)42-30-43(34-16-5-2-6-17-34)50-47(49-42)35-28-26-32(27-29-35)37-20-13-21-39-38-19-8-9-22-40(38)48(46(37)39)31-36-18-7-11-24-44(36)51-45-25-12-10-23-41(45)48/h1-11,13-24,26-30H,12,25,31H2. The van der Waals surface area contributed by atoms with Gasteiger partial charge in [-0.15, -0.1) is 0 Å². The second kappa shape index (κ2) is 12.2. The van der Waals surface area contributed by atoms with Crippen LogP contribution in [0.3, 0.4) is 0 Å². The van der Waals surface area contributed by atoms with Gasteiger partial charge in [-0.1, -0.05) is 170 Å². The summed E-state index contributed by atoms with van der Waals surface area (Å²) < 4.78 is 0. The minimum atomic E-state index is -0.287. The zero-order chi connectivity index (χ0) is 33.8. The first kappa shape index (κ1) is 30.1. The minimum Gasteiger partial charge on any atom is -0.228 e. The highest BCUT2D eigenvalue weighted by molar-refractivity contribution is 8.03. The molecule has 51 heavy (non-hydrogen) atoms. The van der Waals surface area contributed by atoms with E-state index in [-0.39, 0.29) is 5.41 Å². The van der Waals surface area contributed by atoms with Gasteiger partial charge in [0.2, 0.25) is 0 Å². The Kier molecular flexibility index (Phi) is 7.21. The molecule has 1 atom stereocenters. The molecule has 6 aromatic carbocycles. The average Bonchev–Trinajstić information content (AvgIpc) is 3.39. The van der Waals surface area contributed by atoms with E-state index in [4.69, 9.17) is 9.97 Å². The average molecular weight is 671 g/mol. The Morgan fingerprint density at radius 1 is 0.529 bits per heavy atom. The summed E-state index contributed by atoms with van der Waals surface area (Å²) in [6, 6.07) is 56.9. The van der Waals surface area contributed by atoms with Crippen molar-refractivity contribution in [2.75, 3.05) is 0 Å². The molecular weight excluding hydrogens is 637 g/mol. The zero-order valence-corrected chi connectivity index (χ0v) is 28.9. The van der Waals surface area contributed by atoms with Crippen molar-refractivity contribution in [3.05, 3.63) is 197 Å². The van der Waals surface area contributed by atoms with Crippen LogP contribution in [0.25, 0.3) is 56.2 Å². The third-order valence-electron chi connectivity index (χ3n) is 10.7. The molecule has 1 aliphatic heterocycles. The summed E-state index contributed by atoms with van der Waals surface area (Å²) in [5.41, 5.74) is 15.6. The smallest absolute Gasteiger partial charge is 0.160 e. The molecule has 2 aliphatic carbocycles. The lowest BCUT2D eigenvalue weighted by Gasteiger charge is -2.36. The number of hydrogen-bond acceptors (Lipinski definition) is 3. The lowest BCUT2D eigenvalue weighted by atomic mass is 9.65. The van der Waals surface area contributed by atoms with Gasteiger partial charge in [0.05, 0.1) is 16.8 Å². The molecule has 0 bridgehead atoms. The summed E-state index contributed by atoms with van der Waals surface area (Å²) in [5.74, 6) is 0.725. The molecule has 1 spiro atoms. The highest BCUT2D eigenvalue weighted by Crippen LogP contribution is 2.61. The number of fused-ring (bicyclic) bond motifs is 7. The number of benzene rings is 6. The number of allylic oxidation sites excluding steroid dienone is 4. The lowest BCUT2D eigenvalue weighted by molar-refractivity contribution is 0.618. The molecular formula is C48H34N2S. The van der Waals surface area contributed by atoms with Gasteiger partial charge < -0.3 is 0 Å². The summed E-state index contributed by atoms with van der Waals surface area (Å²) in [4.78, 5) is 13.1. The predicted molar refractivity (Wildman–Crippen MR) is 211 cm³/mol. The van der Waals surface area contributed by atoms with Crippen molar-refractivity contribution < 1.29 is 0 Å². The fourth-order valence-corrected chi connectivity index (χ4v) is 9.70. The Hall–Kier alpha value is -5.77. The molecule has 0 saturated heterocycles. The van der Waals surface area contributed by atoms with Crippen molar-refractivity contribution in [3.63, 3.8) is 0 Å². The van der Waals surface area contributed by atoms with Gasteiger partial charge in [0.15, 0.2) is 5.82 Å². The maximum Gasteiger partial charge on any atom is 0.160 e. The van der Waals surface area contributed by atoms with Crippen molar-refractivity contribution in [1.82, 2.24) is 9.97 Å². The van der Waals surface area contributed by atoms with E-state index in [2.05, 4.69) is 158 Å². The molecule has 1 aromatic heterocycles. The van der Waals surface area contributed by atoms with Crippen molar-refractivity contribution in [1.29, 1.82) is 0 Å². The molecule has 1 unspecified atom stereocenters. The second-order valence-electron chi connectivity index (χ2n) is 13.6. The molecule has 2 heterocycles. The fraction of sp³-hybridized carbons (Fsp3) is 0.0833. The van der Waals surface area contributed by atoms with Gasteiger partial charge >= 0.3 is 0 Å². The highest BCUT2D eigenvalue weighted by atomic mass is 32.2. The van der Waals surface area contributed by atoms with Crippen molar-refractivity contribution in [2.45, 2.75) is 29.6 Å². The van der Waals surface area contributed by atoms with E-state index >= 15 is 0 Å². The zero-order valence-electron chi connectivity index (χ0n) is 28.1. The van der Waals surface area contributed by atoms with E-state index in [0.717, 1.165) is 53.2 Å². The first-order chi connectivity index (χ1) is 25.3. The first-order valence-corrected chi connectivity index (χ1v) is 18.6. The maximum absolute atomic E-state index is 5.10. The van der Waals surface area contributed by atoms with E-state index in [1.54, 1.807) is 0 Å². The second-order valence-corrected chi connectivity index (χ2v) is 14.8. The third kappa shape index (κ3) is 4.95. The number of nitrogens with zero attached hydrogens (tertiary/aromatic N) is 2. The van der Waals surface area contributed by atoms with E-state index in [9.17, 15) is 0 Å². The molecule has 0 radical (unpaired) electrons. The van der Waals surface area contributed by atoms with Crippen LogP contribution in [0.1, 0.15) is 29.5 Å². The van der Waals surface area contributed by atoms with E-state index in [1.807, 2.05) is 23.9 Å². The van der Waals surface area contributed by atoms with Gasteiger partial charge in [0.1, 0.15) is 0 Å². The SMILES string of the molecule is C1=CC2=C(CC1)Sc1ccccc1CC21c2ccccc2-c2cccc(-c3ccc(-c4nc(-c5ccccc5)cc(-c5ccccc5)n4)cc3)c21. The molecule has 10 rings (SSSR count). The number of rotatable bonds is 4. The van der Waals surface area contributed by atoms with Gasteiger partial charge in [0.25, 0.3) is 0 Å². The summed E-state index contributed by atoms with van der Waals surface area (Å²) >= 11 is 1.99. The largest absolute Gasteiger partial charge is 0.228 e. The van der Waals surface area contributed by atoms with Crippen LogP contribution in [-0.4, -0.2) is 9.97 Å². The maximum atomic E-state index is 5.10. The fourth-order valence-electron chi connectivity index (χ4n) is 8.45. The van der Waals surface area contributed by atoms with Gasteiger partial charge in [-0.25, -0.2) is 9.97 Å². The molecule has 2 nitrogen and oxygen atoms in total. The first-order valence-electron chi connectivity index (χ1n) is 17.8. The molecule has 3 aliphatic rings. The van der Waals surface area contributed by atoms with Crippen LogP contribution in [0.5, 0.6) is 0 Å². The van der Waals surface area contributed by atoms with Crippen LogP contribution >= 0.6 is 11.8 Å². The monoisotopic (exact) mass is 670 g/mol. The summed E-state index contributed by atoms with van der Waals surface area (Å²) in [6.45, 7) is 0. The van der Waals surface area contributed by atoms with Crippen molar-refractivity contribution >= 4 is 11.8 Å². The Morgan fingerprint density at radius 3 is 1.92 bits per heavy atom. The van der Waals surface area contributed by atoms with Crippen LogP contribution in [0, 0.1) is 0 Å². The molecule has 3 heteroatoms. The summed E-state index contributed by atoms with van der Waals surface area (Å²) in [5, 5.41) is 0. The van der Waals surface area contributed by atoms with Gasteiger partial charge in [0, 0.05) is 21.6 Å². The number of thioether (sulfide) groups is 1. The van der Waals surface area contributed by atoms with Gasteiger partial charge in [-0.2, -0.15) is 0 Å². The Morgan fingerprint density at radius 2 is 1.16 bits per heavy atom. The molecule has 7 aromatic rings. The van der Waals surface area contributed by atoms with Gasteiger partial charge in [-0.05, 0) is 80.8 Å². The predicted octanol–water partition coefficient (Wildman–Crippen LogP) is 12.4. The third-order valence-corrected chi connectivity index (χ3v) is 12.0. The molecule has 242 valence electrons. The number of aromatic nitrogens is 2. The van der Waals surface area contributed by atoms with Crippen molar-refractivity contribution in [3.8, 4) is 56.2 Å². The Labute approximate surface area is 303 Å². The highest BCUT2D eigenvalue weighted by Gasteiger charge is 2.49. The normalized spacial score (nSPS) is 17.0. The van der Waals surface area contributed by atoms with Gasteiger partial charge in [-0.3, -0.25) is 0 Å². The minimum absolute atomic E-state index is 0.287. The quantitative estimate of drug-likeness (QED) is 0.186. The van der Waals surface area contributed by atoms with Crippen LogP contribution in [0.4, 0.5) is 0 Å². The van der Waals surface area contributed by atoms with Crippen LogP contribution in [0.15, 0.2) is 185 Å². The topological polar surface area (TPSA) is 25.8 Å². The van der Waals surface area contributed by atoms with Crippen LogP contribution in [-0.2, 0) is 11.8 Å². The summed E-state index contributed by atoms with van der Waals surface area (Å²) in [6.07, 6.45) is 7.93.